The van der Waals surface area contributed by atoms with Crippen LogP contribution in [0.1, 0.15) is 32.5 Å². The number of esters is 1. The number of benzene rings is 1. The molecule has 154 valence electrons. The third kappa shape index (κ3) is 4.55. The number of nitrogen functional groups attached to an aromatic ring is 1. The lowest BCUT2D eigenvalue weighted by molar-refractivity contribution is -0.484. The fourth-order valence-corrected chi connectivity index (χ4v) is 2.76. The lowest BCUT2D eigenvalue weighted by Gasteiger charge is -2.14. The van der Waals surface area contributed by atoms with Crippen LogP contribution in [-0.4, -0.2) is 50.2 Å². The molecule has 1 amide bonds. The molecule has 3 N–H and O–H groups in total. The number of nitrogens with one attached hydrogen (secondary N) is 1. The number of aromatic nitrogens is 4. The summed E-state index contributed by atoms with van der Waals surface area (Å²) < 4.78 is 6.02. The summed E-state index contributed by atoms with van der Waals surface area (Å²) in [6.07, 6.45) is 5.45. The van der Waals surface area contributed by atoms with Gasteiger partial charge in [0, 0.05) is 23.5 Å². The van der Waals surface area contributed by atoms with Gasteiger partial charge < -0.3 is 15.8 Å². The zero-order chi connectivity index (χ0) is 21.7. The topological polar surface area (TPSA) is 168 Å². The van der Waals surface area contributed by atoms with Crippen LogP contribution in [0.2, 0.25) is 0 Å². The first kappa shape index (κ1) is 20.4. The van der Waals surface area contributed by atoms with Gasteiger partial charge in [-0.3, -0.25) is 19.6 Å². The summed E-state index contributed by atoms with van der Waals surface area (Å²) in [6, 6.07) is 5.45. The molecule has 2 aromatic heterocycles. The third-order valence-corrected chi connectivity index (χ3v) is 4.13. The maximum absolute atomic E-state index is 12.3. The highest BCUT2D eigenvalue weighted by Gasteiger charge is 2.23. The molecule has 3 rings (SSSR count). The quantitative estimate of drug-likeness (QED) is 0.329. The Hall–Kier alpha value is -4.35. The smallest absolute Gasteiger partial charge is 0.337 e. The number of carbonyl (C=O) groups excluding carboxylic acids is 2. The van der Waals surface area contributed by atoms with E-state index in [0.717, 1.165) is 0 Å². The molecule has 12 nitrogen and oxygen atoms in total. The molecular weight excluding hydrogens is 394 g/mol. The highest BCUT2D eigenvalue weighted by Crippen LogP contribution is 2.22. The van der Waals surface area contributed by atoms with E-state index in [-0.39, 0.29) is 22.8 Å². The first-order valence-electron chi connectivity index (χ1n) is 8.61. The van der Waals surface area contributed by atoms with Gasteiger partial charge in [0.25, 0.3) is 5.91 Å². The van der Waals surface area contributed by atoms with Crippen LogP contribution >= 0.6 is 0 Å². The van der Waals surface area contributed by atoms with Crippen molar-refractivity contribution >= 4 is 23.4 Å². The van der Waals surface area contributed by atoms with Crippen molar-refractivity contribution in [3.63, 3.8) is 0 Å². The monoisotopic (exact) mass is 411 g/mol. The molecule has 0 aliphatic rings. The van der Waals surface area contributed by atoms with Crippen LogP contribution in [0.15, 0.2) is 49.1 Å². The Balaban J connectivity index is 1.87. The minimum Gasteiger partial charge on any atom is -0.465 e. The zero-order valence-electron chi connectivity index (χ0n) is 15.8. The Morgan fingerprint density at radius 3 is 2.80 bits per heavy atom. The number of ether oxygens (including phenoxy) is 1. The molecule has 1 unspecified atom stereocenters. The summed E-state index contributed by atoms with van der Waals surface area (Å²) in [7, 11) is 1.25. The molecule has 0 bridgehead atoms. The number of hydrogen-bond acceptors (Lipinski definition) is 9. The maximum atomic E-state index is 12.3. The molecule has 3 aromatic rings. The van der Waals surface area contributed by atoms with E-state index >= 15 is 0 Å². The number of carbonyl (C=O) groups is 2. The van der Waals surface area contributed by atoms with Crippen molar-refractivity contribution in [3.05, 3.63) is 76.0 Å². The second-order valence-electron chi connectivity index (χ2n) is 6.10. The number of nitrogens with zero attached hydrogens (tertiary/aromatic N) is 5. The van der Waals surface area contributed by atoms with Gasteiger partial charge in [-0.1, -0.05) is 12.1 Å². The van der Waals surface area contributed by atoms with Crippen LogP contribution < -0.4 is 11.1 Å². The predicted molar refractivity (Wildman–Crippen MR) is 104 cm³/mol. The van der Waals surface area contributed by atoms with Gasteiger partial charge in [0.2, 0.25) is 6.54 Å². The first-order valence-corrected chi connectivity index (χ1v) is 8.61. The Morgan fingerprint density at radius 2 is 2.10 bits per heavy atom. The van der Waals surface area contributed by atoms with Crippen LogP contribution in [0.4, 0.5) is 11.5 Å². The van der Waals surface area contributed by atoms with E-state index in [0.29, 0.717) is 5.56 Å². The second kappa shape index (κ2) is 8.77. The summed E-state index contributed by atoms with van der Waals surface area (Å²) in [5.41, 5.74) is 6.60. The molecule has 0 aliphatic heterocycles. The van der Waals surface area contributed by atoms with Gasteiger partial charge in [-0.05, 0) is 17.7 Å². The van der Waals surface area contributed by atoms with Gasteiger partial charge in [-0.25, -0.2) is 14.8 Å². The number of nitro groups is 1. The second-order valence-corrected chi connectivity index (χ2v) is 6.10. The molecule has 0 saturated carbocycles. The molecule has 1 atom stereocenters. The molecule has 12 heteroatoms. The van der Waals surface area contributed by atoms with Crippen LogP contribution in [-0.2, 0) is 4.74 Å². The minimum atomic E-state index is -0.822. The predicted octanol–water partition coefficient (Wildman–Crippen LogP) is 1.16. The normalized spacial score (nSPS) is 11.5. The Kier molecular flexibility index (Phi) is 5.96. The summed E-state index contributed by atoms with van der Waals surface area (Å²) in [6.45, 7) is -0.489. The SMILES string of the molecule is COC(=O)c1cccc(C(C[N+](=O)[O-])n2cc(NC(=O)c3nccnc3N)cn2)c1. The molecule has 0 aliphatic carbocycles. The molecule has 30 heavy (non-hydrogen) atoms. The highest BCUT2D eigenvalue weighted by atomic mass is 16.6. The van der Waals surface area contributed by atoms with Gasteiger partial charge in [-0.15, -0.1) is 0 Å². The lowest BCUT2D eigenvalue weighted by atomic mass is 10.0. The Bertz CT molecular complexity index is 1100. The van der Waals surface area contributed by atoms with E-state index in [1.54, 1.807) is 18.2 Å². The van der Waals surface area contributed by atoms with E-state index in [2.05, 4.69) is 20.4 Å². The Labute approximate surface area is 169 Å². The average molecular weight is 411 g/mol. The number of anilines is 2. The van der Waals surface area contributed by atoms with Gasteiger partial charge in [0.15, 0.2) is 11.5 Å². The van der Waals surface area contributed by atoms with E-state index in [1.807, 2.05) is 0 Å². The van der Waals surface area contributed by atoms with Crippen LogP contribution in [0.25, 0.3) is 0 Å². The number of hydrogen-bond donors (Lipinski definition) is 2. The number of amides is 1. The van der Waals surface area contributed by atoms with Crippen molar-refractivity contribution in [2.24, 2.45) is 0 Å². The van der Waals surface area contributed by atoms with Gasteiger partial charge >= 0.3 is 5.97 Å². The average Bonchev–Trinajstić information content (AvgIpc) is 3.19. The molecule has 1 aromatic carbocycles. The molecule has 0 radical (unpaired) electrons. The number of rotatable bonds is 7. The summed E-state index contributed by atoms with van der Waals surface area (Å²) in [4.78, 5) is 42.5. The molecule has 0 spiro atoms. The first-order chi connectivity index (χ1) is 14.4. The standard InChI is InChI=1S/C18H17N7O5/c1-30-18(27)12-4-2-3-11(7-12)14(10-25(28)29)24-9-13(8-22-24)23-17(26)15-16(19)21-6-5-20-15/h2-9,14H,10H2,1H3,(H2,19,21)(H,23,26). The molecular formula is C18H17N7O5. The summed E-state index contributed by atoms with van der Waals surface area (Å²) >= 11 is 0. The highest BCUT2D eigenvalue weighted by molar-refractivity contribution is 6.05. The summed E-state index contributed by atoms with van der Waals surface area (Å²) in [5.74, 6) is -1.20. The van der Waals surface area contributed by atoms with E-state index in [9.17, 15) is 19.7 Å². The van der Waals surface area contributed by atoms with Crippen molar-refractivity contribution in [1.29, 1.82) is 0 Å². The van der Waals surface area contributed by atoms with Crippen LogP contribution in [0.3, 0.4) is 0 Å². The van der Waals surface area contributed by atoms with Crippen molar-refractivity contribution in [3.8, 4) is 0 Å². The minimum absolute atomic E-state index is 0.0340. The van der Waals surface area contributed by atoms with Gasteiger partial charge in [-0.2, -0.15) is 5.10 Å². The molecule has 0 fully saturated rings. The third-order valence-electron chi connectivity index (χ3n) is 4.13. The van der Waals surface area contributed by atoms with Crippen molar-refractivity contribution in [1.82, 2.24) is 19.7 Å². The van der Waals surface area contributed by atoms with Crippen molar-refractivity contribution in [2.75, 3.05) is 24.7 Å². The van der Waals surface area contributed by atoms with E-state index in [4.69, 9.17) is 10.5 Å². The Morgan fingerprint density at radius 1 is 1.33 bits per heavy atom. The van der Waals surface area contributed by atoms with Crippen LogP contribution in [0.5, 0.6) is 0 Å². The van der Waals surface area contributed by atoms with Gasteiger partial charge in [0.1, 0.15) is 6.04 Å². The number of methoxy groups -OCH3 is 1. The van der Waals surface area contributed by atoms with E-state index in [1.165, 1.54) is 42.6 Å². The lowest BCUT2D eigenvalue weighted by Crippen LogP contribution is -2.21. The summed E-state index contributed by atoms with van der Waals surface area (Å²) in [5, 5.41) is 17.9. The van der Waals surface area contributed by atoms with E-state index < -0.39 is 29.4 Å². The zero-order valence-corrected chi connectivity index (χ0v) is 15.8. The van der Waals surface area contributed by atoms with Gasteiger partial charge in [0.05, 0.1) is 24.6 Å². The van der Waals surface area contributed by atoms with Crippen LogP contribution in [0, 0.1) is 10.1 Å². The number of nitrogens with two attached hydrogens (primary N) is 1. The molecule has 2 heterocycles. The fraction of sp³-hybridized carbons (Fsp3) is 0.167. The largest absolute Gasteiger partial charge is 0.465 e. The van der Waals surface area contributed by atoms with Crippen molar-refractivity contribution in [2.45, 2.75) is 6.04 Å². The molecule has 0 saturated heterocycles. The fourth-order valence-electron chi connectivity index (χ4n) is 2.76. The maximum Gasteiger partial charge on any atom is 0.337 e. The van der Waals surface area contributed by atoms with Crippen molar-refractivity contribution < 1.29 is 19.2 Å².